The smallest absolute Gasteiger partial charge is 0.242 e. The number of piperidine rings is 1. The lowest BCUT2D eigenvalue weighted by molar-refractivity contribution is 0.319. The largest absolute Gasteiger partial charge is 0.372 e. The summed E-state index contributed by atoms with van der Waals surface area (Å²) < 4.78 is 25.9. The van der Waals surface area contributed by atoms with Crippen LogP contribution in [-0.4, -0.2) is 51.9 Å². The summed E-state index contributed by atoms with van der Waals surface area (Å²) in [6.45, 7) is 3.84. The number of rotatable bonds is 7. The minimum absolute atomic E-state index is 0.342. The molecule has 6 heteroatoms. The Hall–Kier alpha value is -1.89. The van der Waals surface area contributed by atoms with Crippen LogP contribution in [0.15, 0.2) is 53.4 Å². The van der Waals surface area contributed by atoms with Gasteiger partial charge in [0.05, 0.1) is 4.90 Å². The molecule has 1 aliphatic rings. The van der Waals surface area contributed by atoms with Crippen LogP contribution in [-0.2, 0) is 23.1 Å². The van der Waals surface area contributed by atoms with Crippen molar-refractivity contribution in [1.29, 1.82) is 0 Å². The van der Waals surface area contributed by atoms with E-state index in [2.05, 4.69) is 41.1 Å². The Labute approximate surface area is 169 Å². The summed E-state index contributed by atoms with van der Waals surface area (Å²) in [6.07, 6.45) is 3.91. The lowest BCUT2D eigenvalue weighted by atomic mass is 10.1. The van der Waals surface area contributed by atoms with Crippen LogP contribution in [0.25, 0.3) is 0 Å². The van der Waals surface area contributed by atoms with Crippen LogP contribution < -0.4 is 4.90 Å². The van der Waals surface area contributed by atoms with E-state index in [1.54, 1.807) is 26.2 Å². The van der Waals surface area contributed by atoms with Crippen molar-refractivity contribution in [2.45, 2.75) is 37.2 Å². The van der Waals surface area contributed by atoms with Crippen molar-refractivity contribution >= 4 is 15.7 Å². The van der Waals surface area contributed by atoms with Gasteiger partial charge in [0.2, 0.25) is 10.0 Å². The predicted molar refractivity (Wildman–Crippen MR) is 115 cm³/mol. The summed E-state index contributed by atoms with van der Waals surface area (Å²) >= 11 is 0. The molecule has 0 radical (unpaired) electrons. The van der Waals surface area contributed by atoms with Crippen molar-refractivity contribution in [2.75, 3.05) is 39.1 Å². The van der Waals surface area contributed by atoms with Crippen LogP contribution in [0.5, 0.6) is 0 Å². The first kappa shape index (κ1) is 20.8. The van der Waals surface area contributed by atoms with E-state index in [4.69, 9.17) is 0 Å². The molecule has 152 valence electrons. The van der Waals surface area contributed by atoms with Gasteiger partial charge in [-0.1, -0.05) is 24.3 Å². The molecule has 0 atom stereocenters. The third-order valence-corrected chi connectivity index (χ3v) is 7.05. The van der Waals surface area contributed by atoms with E-state index >= 15 is 0 Å². The van der Waals surface area contributed by atoms with Gasteiger partial charge >= 0.3 is 0 Å². The van der Waals surface area contributed by atoms with Crippen molar-refractivity contribution in [2.24, 2.45) is 0 Å². The molecule has 5 nitrogen and oxygen atoms in total. The highest BCUT2D eigenvalue weighted by Gasteiger charge is 2.17. The van der Waals surface area contributed by atoms with Gasteiger partial charge in [-0.15, -0.1) is 0 Å². The molecule has 0 aromatic heterocycles. The second kappa shape index (κ2) is 9.07. The van der Waals surface area contributed by atoms with Gasteiger partial charge in [-0.25, -0.2) is 12.7 Å². The molecular weight excluding hydrogens is 370 g/mol. The predicted octanol–water partition coefficient (Wildman–Crippen LogP) is 3.56. The molecule has 0 saturated carbocycles. The van der Waals surface area contributed by atoms with E-state index in [0.717, 1.165) is 25.2 Å². The fourth-order valence-electron chi connectivity index (χ4n) is 3.66. The van der Waals surface area contributed by atoms with E-state index in [0.29, 0.717) is 11.4 Å². The summed E-state index contributed by atoms with van der Waals surface area (Å²) in [5, 5.41) is 0. The molecule has 1 aliphatic heterocycles. The molecule has 2 aromatic carbocycles. The van der Waals surface area contributed by atoms with Gasteiger partial charge in [-0.05, 0) is 61.7 Å². The molecule has 2 aromatic rings. The molecular formula is C22H31N3O2S. The van der Waals surface area contributed by atoms with Gasteiger partial charge in [-0.3, -0.25) is 4.90 Å². The van der Waals surface area contributed by atoms with Gasteiger partial charge in [-0.2, -0.15) is 0 Å². The van der Waals surface area contributed by atoms with E-state index in [1.165, 1.54) is 34.8 Å². The van der Waals surface area contributed by atoms with Crippen LogP contribution in [0.4, 0.5) is 5.69 Å². The Balaban J connectivity index is 1.62. The standard InChI is InChI=1S/C22H31N3O2S/c1-23(2)28(26,27)22-9-7-8-20(16-22)18-24(3)17-19-10-12-21(13-11-19)25-14-5-4-6-15-25/h7-13,16H,4-6,14-15,17-18H2,1-3H3. The lowest BCUT2D eigenvalue weighted by Gasteiger charge is -2.29. The second-order valence-corrected chi connectivity index (χ2v) is 9.97. The summed E-state index contributed by atoms with van der Waals surface area (Å²) in [6, 6.07) is 16.1. The maximum absolute atomic E-state index is 12.3. The average molecular weight is 402 g/mol. The lowest BCUT2D eigenvalue weighted by Crippen LogP contribution is -2.29. The number of benzene rings is 2. The number of hydrogen-bond donors (Lipinski definition) is 0. The molecule has 0 unspecified atom stereocenters. The quantitative estimate of drug-likeness (QED) is 0.712. The third kappa shape index (κ3) is 5.13. The van der Waals surface area contributed by atoms with E-state index < -0.39 is 10.0 Å². The molecule has 0 aliphatic carbocycles. The minimum Gasteiger partial charge on any atom is -0.372 e. The SMILES string of the molecule is CN(Cc1ccc(N2CCCCC2)cc1)Cc1cccc(S(=O)(=O)N(C)C)c1. The number of nitrogens with zero attached hydrogens (tertiary/aromatic N) is 3. The normalized spacial score (nSPS) is 15.4. The monoisotopic (exact) mass is 401 g/mol. The van der Waals surface area contributed by atoms with Gasteiger partial charge in [0.1, 0.15) is 0 Å². The summed E-state index contributed by atoms with van der Waals surface area (Å²) in [5.74, 6) is 0. The van der Waals surface area contributed by atoms with E-state index in [9.17, 15) is 8.42 Å². The maximum Gasteiger partial charge on any atom is 0.242 e. The topological polar surface area (TPSA) is 43.9 Å². The third-order valence-electron chi connectivity index (χ3n) is 5.24. The molecule has 0 N–H and O–H groups in total. The fraction of sp³-hybridized carbons (Fsp3) is 0.455. The van der Waals surface area contributed by atoms with Crippen LogP contribution >= 0.6 is 0 Å². The number of hydrogen-bond acceptors (Lipinski definition) is 4. The molecule has 1 saturated heterocycles. The Morgan fingerprint density at radius 3 is 2.14 bits per heavy atom. The highest BCUT2D eigenvalue weighted by atomic mass is 32.2. The number of anilines is 1. The first-order chi connectivity index (χ1) is 13.4. The zero-order valence-corrected chi connectivity index (χ0v) is 18.0. The zero-order chi connectivity index (χ0) is 20.1. The Bertz CT molecular complexity index is 873. The first-order valence-electron chi connectivity index (χ1n) is 9.90. The Morgan fingerprint density at radius 1 is 0.857 bits per heavy atom. The van der Waals surface area contributed by atoms with Crippen molar-refractivity contribution in [3.63, 3.8) is 0 Å². The summed E-state index contributed by atoms with van der Waals surface area (Å²) in [7, 11) is 1.78. The van der Waals surface area contributed by atoms with Crippen molar-refractivity contribution in [3.8, 4) is 0 Å². The minimum atomic E-state index is -3.40. The van der Waals surface area contributed by atoms with Gasteiger partial charge in [0, 0.05) is 46.0 Å². The maximum atomic E-state index is 12.3. The van der Waals surface area contributed by atoms with Crippen LogP contribution in [0, 0.1) is 0 Å². The first-order valence-corrected chi connectivity index (χ1v) is 11.3. The van der Waals surface area contributed by atoms with E-state index in [-0.39, 0.29) is 0 Å². The van der Waals surface area contributed by atoms with Gasteiger partial charge in [0.25, 0.3) is 0 Å². The van der Waals surface area contributed by atoms with Crippen molar-refractivity contribution < 1.29 is 8.42 Å². The highest BCUT2D eigenvalue weighted by Crippen LogP contribution is 2.21. The van der Waals surface area contributed by atoms with Crippen molar-refractivity contribution in [3.05, 3.63) is 59.7 Å². The molecule has 3 rings (SSSR count). The van der Waals surface area contributed by atoms with E-state index in [1.807, 2.05) is 12.1 Å². The summed E-state index contributed by atoms with van der Waals surface area (Å²) in [4.78, 5) is 5.01. The second-order valence-electron chi connectivity index (χ2n) is 7.82. The molecule has 1 fully saturated rings. The van der Waals surface area contributed by atoms with Gasteiger partial charge in [0.15, 0.2) is 0 Å². The van der Waals surface area contributed by atoms with Crippen LogP contribution in [0.3, 0.4) is 0 Å². The van der Waals surface area contributed by atoms with Crippen LogP contribution in [0.1, 0.15) is 30.4 Å². The number of sulfonamides is 1. The zero-order valence-electron chi connectivity index (χ0n) is 17.1. The molecule has 0 bridgehead atoms. The Kier molecular flexibility index (Phi) is 6.75. The molecule has 28 heavy (non-hydrogen) atoms. The van der Waals surface area contributed by atoms with Gasteiger partial charge < -0.3 is 4.90 Å². The van der Waals surface area contributed by atoms with Crippen molar-refractivity contribution in [1.82, 2.24) is 9.21 Å². The fourth-order valence-corrected chi connectivity index (χ4v) is 4.63. The Morgan fingerprint density at radius 2 is 1.50 bits per heavy atom. The molecule has 0 amide bonds. The highest BCUT2D eigenvalue weighted by molar-refractivity contribution is 7.89. The van der Waals surface area contributed by atoms with Crippen LogP contribution in [0.2, 0.25) is 0 Å². The molecule has 0 spiro atoms. The average Bonchev–Trinajstić information content (AvgIpc) is 2.69. The summed E-state index contributed by atoms with van der Waals surface area (Å²) in [5.41, 5.74) is 3.57. The molecule has 1 heterocycles.